The van der Waals surface area contributed by atoms with Crippen molar-refractivity contribution in [2.75, 3.05) is 16.1 Å². The normalized spacial score (nSPS) is 10.3. The van der Waals surface area contributed by atoms with Gasteiger partial charge in [0.1, 0.15) is 5.88 Å². The monoisotopic (exact) mass is 319 g/mol. The number of rotatable bonds is 5. The molecule has 0 saturated carbocycles. The first-order chi connectivity index (χ1) is 10.5. The van der Waals surface area contributed by atoms with Gasteiger partial charge in [-0.05, 0) is 36.4 Å². The number of hydrogen-bond acceptors (Lipinski definition) is 2. The number of carbonyl (C=O) groups is 2. The van der Waals surface area contributed by atoms with E-state index in [9.17, 15) is 9.59 Å². The molecule has 2 aromatic rings. The van der Waals surface area contributed by atoms with Gasteiger partial charge < -0.3 is 14.8 Å². The van der Waals surface area contributed by atoms with Crippen LogP contribution in [0.3, 0.4) is 0 Å². The molecule has 116 valence electrons. The number of carbonyl (C=O) groups excluding carboxylic acids is 2. The molecule has 1 heterocycles. The van der Waals surface area contributed by atoms with Crippen LogP contribution in [0.2, 0.25) is 0 Å². The van der Waals surface area contributed by atoms with E-state index in [1.54, 1.807) is 29.2 Å². The van der Waals surface area contributed by atoms with Crippen LogP contribution in [-0.2, 0) is 23.2 Å². The fourth-order valence-corrected chi connectivity index (χ4v) is 2.29. The molecule has 0 bridgehead atoms. The molecule has 1 aromatic heterocycles. The van der Waals surface area contributed by atoms with E-state index in [1.807, 2.05) is 29.9 Å². The maximum Gasteiger partial charge on any atom is 0.242 e. The standard InChI is InChI=1S/C16H18ClN3O2/c1-12(21)18-13-5-7-14(8-6-13)20(16(22)10-17)11-15-4-3-9-19(15)2/h3-9H,10-11H2,1-2H3,(H,18,21). The van der Waals surface area contributed by atoms with Crippen molar-refractivity contribution in [1.82, 2.24) is 4.57 Å². The van der Waals surface area contributed by atoms with Crippen LogP contribution in [0.5, 0.6) is 0 Å². The molecule has 2 rings (SSSR count). The lowest BCUT2D eigenvalue weighted by atomic mass is 10.2. The minimum atomic E-state index is -0.171. The fourth-order valence-electron chi connectivity index (χ4n) is 2.15. The lowest BCUT2D eigenvalue weighted by molar-refractivity contribution is -0.116. The Bertz CT molecular complexity index is 664. The predicted octanol–water partition coefficient (Wildman–Crippen LogP) is 2.76. The van der Waals surface area contributed by atoms with E-state index in [0.29, 0.717) is 12.2 Å². The maximum atomic E-state index is 12.1. The number of hydrogen-bond donors (Lipinski definition) is 1. The van der Waals surface area contributed by atoms with Crippen molar-refractivity contribution in [3.63, 3.8) is 0 Å². The van der Waals surface area contributed by atoms with E-state index >= 15 is 0 Å². The predicted molar refractivity (Wildman–Crippen MR) is 88.1 cm³/mol. The summed E-state index contributed by atoms with van der Waals surface area (Å²) in [5.74, 6) is -0.391. The zero-order valence-electron chi connectivity index (χ0n) is 12.5. The number of anilines is 2. The molecular weight excluding hydrogens is 302 g/mol. The van der Waals surface area contributed by atoms with Gasteiger partial charge in [-0.15, -0.1) is 11.6 Å². The quantitative estimate of drug-likeness (QED) is 0.862. The van der Waals surface area contributed by atoms with E-state index < -0.39 is 0 Å². The maximum absolute atomic E-state index is 12.1. The topological polar surface area (TPSA) is 54.3 Å². The second-order valence-corrected chi connectivity index (χ2v) is 5.22. The summed E-state index contributed by atoms with van der Waals surface area (Å²) >= 11 is 5.72. The van der Waals surface area contributed by atoms with Crippen LogP contribution in [0.25, 0.3) is 0 Å². The molecule has 0 aliphatic rings. The number of halogens is 1. The van der Waals surface area contributed by atoms with Crippen molar-refractivity contribution in [3.05, 3.63) is 48.3 Å². The van der Waals surface area contributed by atoms with Gasteiger partial charge in [-0.25, -0.2) is 0 Å². The van der Waals surface area contributed by atoms with Gasteiger partial charge in [0.25, 0.3) is 0 Å². The molecular formula is C16H18ClN3O2. The molecule has 1 aromatic carbocycles. The average molecular weight is 320 g/mol. The van der Waals surface area contributed by atoms with Gasteiger partial charge in [0.2, 0.25) is 11.8 Å². The smallest absolute Gasteiger partial charge is 0.242 e. The second-order valence-electron chi connectivity index (χ2n) is 4.95. The molecule has 0 radical (unpaired) electrons. The van der Waals surface area contributed by atoms with Crippen molar-refractivity contribution >= 4 is 34.8 Å². The second kappa shape index (κ2) is 7.13. The van der Waals surface area contributed by atoms with Crippen molar-refractivity contribution in [2.24, 2.45) is 7.05 Å². The molecule has 0 fully saturated rings. The third kappa shape index (κ3) is 3.89. The first kappa shape index (κ1) is 16.1. The number of aromatic nitrogens is 1. The number of aryl methyl sites for hydroxylation is 1. The molecule has 22 heavy (non-hydrogen) atoms. The first-order valence-corrected chi connectivity index (χ1v) is 7.39. The molecule has 5 nitrogen and oxygen atoms in total. The third-order valence-corrected chi connectivity index (χ3v) is 3.51. The van der Waals surface area contributed by atoms with Crippen LogP contribution < -0.4 is 10.2 Å². The van der Waals surface area contributed by atoms with Crippen molar-refractivity contribution < 1.29 is 9.59 Å². The van der Waals surface area contributed by atoms with Gasteiger partial charge in [-0.1, -0.05) is 0 Å². The highest BCUT2D eigenvalue weighted by molar-refractivity contribution is 6.29. The zero-order valence-corrected chi connectivity index (χ0v) is 13.3. The summed E-state index contributed by atoms with van der Waals surface area (Å²) in [6, 6.07) is 11.0. The van der Waals surface area contributed by atoms with E-state index in [1.165, 1.54) is 6.92 Å². The van der Waals surface area contributed by atoms with Crippen LogP contribution in [0.4, 0.5) is 11.4 Å². The van der Waals surface area contributed by atoms with Crippen molar-refractivity contribution in [1.29, 1.82) is 0 Å². The van der Waals surface area contributed by atoms with Gasteiger partial charge in [0, 0.05) is 37.2 Å². The summed E-state index contributed by atoms with van der Waals surface area (Å²) in [5.41, 5.74) is 2.43. The van der Waals surface area contributed by atoms with Crippen molar-refractivity contribution in [3.8, 4) is 0 Å². The Kier molecular flexibility index (Phi) is 5.22. The average Bonchev–Trinajstić information content (AvgIpc) is 2.89. The minimum Gasteiger partial charge on any atom is -0.353 e. The molecule has 0 unspecified atom stereocenters. The van der Waals surface area contributed by atoms with Crippen LogP contribution in [0.15, 0.2) is 42.6 Å². The van der Waals surface area contributed by atoms with E-state index in [4.69, 9.17) is 11.6 Å². The highest BCUT2D eigenvalue weighted by atomic mass is 35.5. The van der Waals surface area contributed by atoms with Gasteiger partial charge in [-0.3, -0.25) is 9.59 Å². The molecule has 0 saturated heterocycles. The SMILES string of the molecule is CC(=O)Nc1ccc(N(Cc2cccn2C)C(=O)CCl)cc1. The summed E-state index contributed by atoms with van der Waals surface area (Å²) in [7, 11) is 1.93. The fraction of sp³-hybridized carbons (Fsp3) is 0.250. The summed E-state index contributed by atoms with van der Waals surface area (Å²) in [6.07, 6.45) is 1.93. The van der Waals surface area contributed by atoms with Gasteiger partial charge in [-0.2, -0.15) is 0 Å². The van der Waals surface area contributed by atoms with Crippen LogP contribution >= 0.6 is 11.6 Å². The Balaban J connectivity index is 2.23. The van der Waals surface area contributed by atoms with E-state index in [-0.39, 0.29) is 17.7 Å². The Morgan fingerprint density at radius 3 is 2.41 bits per heavy atom. The lowest BCUT2D eigenvalue weighted by Gasteiger charge is -2.22. The highest BCUT2D eigenvalue weighted by Gasteiger charge is 2.16. The number of benzene rings is 1. The highest BCUT2D eigenvalue weighted by Crippen LogP contribution is 2.21. The Hall–Kier alpha value is -2.27. The number of amides is 2. The molecule has 0 aliphatic heterocycles. The zero-order chi connectivity index (χ0) is 16.1. The van der Waals surface area contributed by atoms with E-state index in [2.05, 4.69) is 5.32 Å². The number of nitrogens with zero attached hydrogens (tertiary/aromatic N) is 2. The minimum absolute atomic E-state index is 0.0854. The van der Waals surface area contributed by atoms with Crippen LogP contribution in [-0.4, -0.2) is 22.3 Å². The summed E-state index contributed by atoms with van der Waals surface area (Å²) in [5, 5.41) is 2.70. The first-order valence-electron chi connectivity index (χ1n) is 6.85. The van der Waals surface area contributed by atoms with Crippen molar-refractivity contribution in [2.45, 2.75) is 13.5 Å². The summed E-state index contributed by atoms with van der Waals surface area (Å²) in [4.78, 5) is 24.8. The summed E-state index contributed by atoms with van der Waals surface area (Å²) < 4.78 is 1.96. The largest absolute Gasteiger partial charge is 0.353 e. The Morgan fingerprint density at radius 2 is 1.91 bits per heavy atom. The van der Waals surface area contributed by atoms with Crippen LogP contribution in [0, 0.1) is 0 Å². The number of alkyl halides is 1. The van der Waals surface area contributed by atoms with Gasteiger partial charge in [0.15, 0.2) is 0 Å². The molecule has 1 N–H and O–H groups in total. The molecule has 0 aliphatic carbocycles. The van der Waals surface area contributed by atoms with Crippen LogP contribution in [0.1, 0.15) is 12.6 Å². The molecule has 6 heteroatoms. The van der Waals surface area contributed by atoms with Gasteiger partial charge in [0.05, 0.1) is 6.54 Å². The third-order valence-electron chi connectivity index (χ3n) is 3.29. The number of nitrogens with one attached hydrogen (secondary N) is 1. The summed E-state index contributed by atoms with van der Waals surface area (Å²) in [6.45, 7) is 1.89. The molecule has 2 amide bonds. The van der Waals surface area contributed by atoms with E-state index in [0.717, 1.165) is 11.4 Å². The van der Waals surface area contributed by atoms with Gasteiger partial charge >= 0.3 is 0 Å². The lowest BCUT2D eigenvalue weighted by Crippen LogP contribution is -2.32. The Morgan fingerprint density at radius 1 is 1.23 bits per heavy atom. The Labute approximate surface area is 134 Å². The molecule has 0 atom stereocenters. The molecule has 0 spiro atoms.